The van der Waals surface area contributed by atoms with Gasteiger partial charge >= 0.3 is 15.6 Å². The summed E-state index contributed by atoms with van der Waals surface area (Å²) in [5.74, 6) is -0.264. The van der Waals surface area contributed by atoms with Gasteiger partial charge in [-0.2, -0.15) is 4.31 Å². The SMILES string of the molecule is CO[C@@H]1[C@H](O)[C@@H](COP(=O)(O)OP(=O)(O)O)O[C@H]1n1cc2c3c(ncnc31)NC(=O)C=C2N. The lowest BCUT2D eigenvalue weighted by Gasteiger charge is -2.20. The highest BCUT2D eigenvalue weighted by Crippen LogP contribution is 2.57. The molecular formula is C15H19N5O11P2. The maximum atomic E-state index is 11.9. The van der Waals surface area contributed by atoms with Crippen LogP contribution in [0.1, 0.15) is 11.8 Å². The molecule has 2 aromatic heterocycles. The maximum Gasteiger partial charge on any atom is 0.481 e. The van der Waals surface area contributed by atoms with Gasteiger partial charge in [0.25, 0.3) is 5.91 Å². The van der Waals surface area contributed by atoms with Crippen LogP contribution < -0.4 is 11.1 Å². The van der Waals surface area contributed by atoms with Crippen LogP contribution in [0.4, 0.5) is 5.82 Å². The fourth-order valence-electron chi connectivity index (χ4n) is 3.62. The van der Waals surface area contributed by atoms with E-state index in [1.165, 1.54) is 30.3 Å². The molecule has 2 aliphatic rings. The van der Waals surface area contributed by atoms with Crippen LogP contribution in [0.2, 0.25) is 0 Å². The molecule has 5 atom stereocenters. The minimum atomic E-state index is -5.31. The molecule has 0 aliphatic carbocycles. The van der Waals surface area contributed by atoms with Crippen LogP contribution in [0.5, 0.6) is 0 Å². The van der Waals surface area contributed by atoms with Crippen LogP contribution in [0.25, 0.3) is 16.7 Å². The summed E-state index contributed by atoms with van der Waals surface area (Å²) in [5, 5.41) is 13.6. The number of carbonyl (C=O) groups excluding carboxylic acids is 1. The second kappa shape index (κ2) is 8.52. The Morgan fingerprint density at radius 2 is 2.03 bits per heavy atom. The third-order valence-corrected chi connectivity index (χ3v) is 7.07. The van der Waals surface area contributed by atoms with E-state index < -0.39 is 52.7 Å². The van der Waals surface area contributed by atoms with Gasteiger partial charge in [-0.3, -0.25) is 9.32 Å². The van der Waals surface area contributed by atoms with Crippen molar-refractivity contribution in [1.82, 2.24) is 14.5 Å². The van der Waals surface area contributed by atoms with Crippen LogP contribution in [0.3, 0.4) is 0 Å². The number of hydrogen-bond acceptors (Lipinski definition) is 11. The van der Waals surface area contributed by atoms with E-state index in [1.807, 2.05) is 0 Å². The Hall–Kier alpha value is -2.23. The van der Waals surface area contributed by atoms with Crippen LogP contribution in [-0.2, 0) is 32.2 Å². The zero-order valence-electron chi connectivity index (χ0n) is 16.7. The number of anilines is 1. The highest BCUT2D eigenvalue weighted by Gasteiger charge is 2.47. The molecule has 0 saturated carbocycles. The van der Waals surface area contributed by atoms with Crippen molar-refractivity contribution in [2.45, 2.75) is 24.5 Å². The van der Waals surface area contributed by atoms with E-state index in [0.717, 1.165) is 0 Å². The molecule has 180 valence electrons. The molecule has 1 amide bonds. The van der Waals surface area contributed by atoms with Crippen molar-refractivity contribution in [3.8, 4) is 0 Å². The summed E-state index contributed by atoms with van der Waals surface area (Å²) in [5.41, 5.74) is 6.86. The predicted molar refractivity (Wildman–Crippen MR) is 108 cm³/mol. The summed E-state index contributed by atoms with van der Waals surface area (Å²) in [6, 6.07) is 0. The van der Waals surface area contributed by atoms with Gasteiger partial charge in [-0.25, -0.2) is 19.1 Å². The Bertz CT molecular complexity index is 1230. The van der Waals surface area contributed by atoms with Gasteiger partial charge < -0.3 is 44.9 Å². The number of carbonyl (C=O) groups is 1. The number of methoxy groups -OCH3 is 1. The number of ether oxygens (including phenoxy) is 2. The lowest BCUT2D eigenvalue weighted by atomic mass is 10.1. The van der Waals surface area contributed by atoms with Gasteiger partial charge in [-0.05, 0) is 0 Å². The van der Waals surface area contributed by atoms with E-state index in [9.17, 15) is 23.9 Å². The largest absolute Gasteiger partial charge is 0.481 e. The number of aliphatic hydroxyl groups is 1. The molecular weight excluding hydrogens is 488 g/mol. The summed E-state index contributed by atoms with van der Waals surface area (Å²) in [7, 11) is -9.17. The van der Waals surface area contributed by atoms with Gasteiger partial charge in [0.1, 0.15) is 36.1 Å². The Morgan fingerprint density at radius 1 is 1.30 bits per heavy atom. The van der Waals surface area contributed by atoms with E-state index in [1.54, 1.807) is 0 Å². The summed E-state index contributed by atoms with van der Waals surface area (Å²) in [4.78, 5) is 47.1. The molecule has 18 heteroatoms. The van der Waals surface area contributed by atoms with Crippen molar-refractivity contribution in [3.05, 3.63) is 24.2 Å². The molecule has 0 bridgehead atoms. The minimum absolute atomic E-state index is 0.132. The standard InChI is InChI=1S/C15H19N5O11P2/c1-28-12-11(22)8(4-29-33(26,27)31-32(23,24)25)30-15(12)20-3-6-7(16)2-9(21)19-13-10(6)14(20)18-5-17-13/h2-3,5,8,11-12,15,22H,4,16H2,1H3,(H,26,27)(H2,23,24,25)(H,17,18,19,21)/t8-,11-,12-,15-/m1/s1. The number of nitrogens with one attached hydrogen (secondary N) is 1. The van der Waals surface area contributed by atoms with Crippen LogP contribution >= 0.6 is 15.6 Å². The molecule has 0 spiro atoms. The smallest absolute Gasteiger partial charge is 0.398 e. The molecule has 7 N–H and O–H groups in total. The molecule has 4 heterocycles. The summed E-state index contributed by atoms with van der Waals surface area (Å²) in [6.45, 7) is -0.768. The zero-order valence-corrected chi connectivity index (χ0v) is 18.5. The van der Waals surface area contributed by atoms with Crippen LogP contribution in [0.15, 0.2) is 18.6 Å². The number of phosphoric acid groups is 2. The van der Waals surface area contributed by atoms with Gasteiger partial charge in [-0.15, -0.1) is 0 Å². The normalized spacial score (nSPS) is 27.2. The van der Waals surface area contributed by atoms with Crippen molar-refractivity contribution < 1.29 is 52.0 Å². The molecule has 16 nitrogen and oxygen atoms in total. The van der Waals surface area contributed by atoms with Gasteiger partial charge in [0, 0.05) is 30.6 Å². The summed E-state index contributed by atoms with van der Waals surface area (Å²) >= 11 is 0. The predicted octanol–water partition coefficient (Wildman–Crippen LogP) is -0.817. The van der Waals surface area contributed by atoms with E-state index in [4.69, 9.17) is 25.0 Å². The fourth-order valence-corrected chi connectivity index (χ4v) is 5.22. The average molecular weight is 507 g/mol. The van der Waals surface area contributed by atoms with E-state index >= 15 is 0 Å². The highest BCUT2D eigenvalue weighted by atomic mass is 31.3. The van der Waals surface area contributed by atoms with E-state index in [0.29, 0.717) is 10.9 Å². The molecule has 2 aromatic rings. The van der Waals surface area contributed by atoms with Gasteiger partial charge in [-0.1, -0.05) is 0 Å². The first-order valence-electron chi connectivity index (χ1n) is 9.15. The lowest BCUT2D eigenvalue weighted by molar-refractivity contribution is -0.111. The number of nitrogens with zero attached hydrogens (tertiary/aromatic N) is 3. The third kappa shape index (κ3) is 4.72. The minimum Gasteiger partial charge on any atom is -0.398 e. The molecule has 33 heavy (non-hydrogen) atoms. The quantitative estimate of drug-likeness (QED) is 0.251. The molecule has 2 aliphatic heterocycles. The Labute approximate surface area is 184 Å². The Kier molecular flexibility index (Phi) is 6.18. The first-order valence-corrected chi connectivity index (χ1v) is 12.2. The highest BCUT2D eigenvalue weighted by molar-refractivity contribution is 7.60. The second-order valence-corrected chi connectivity index (χ2v) is 9.88. The molecule has 4 rings (SSSR count). The monoisotopic (exact) mass is 507 g/mol. The van der Waals surface area contributed by atoms with Gasteiger partial charge in [0.05, 0.1) is 12.0 Å². The second-order valence-electron chi connectivity index (χ2n) is 7.05. The van der Waals surface area contributed by atoms with Gasteiger partial charge in [0.15, 0.2) is 6.23 Å². The van der Waals surface area contributed by atoms with Gasteiger partial charge in [0.2, 0.25) is 0 Å². The van der Waals surface area contributed by atoms with Crippen molar-refractivity contribution in [2.75, 3.05) is 19.0 Å². The molecule has 1 saturated heterocycles. The zero-order chi connectivity index (χ0) is 24.1. The Balaban J connectivity index is 1.65. The van der Waals surface area contributed by atoms with Crippen molar-refractivity contribution >= 4 is 44.1 Å². The van der Waals surface area contributed by atoms with Crippen LogP contribution in [-0.4, -0.2) is 72.3 Å². The van der Waals surface area contributed by atoms with Crippen molar-refractivity contribution in [1.29, 1.82) is 0 Å². The number of aliphatic hydroxyl groups excluding tert-OH is 1. The molecule has 1 unspecified atom stereocenters. The van der Waals surface area contributed by atoms with Crippen LogP contribution in [0, 0.1) is 0 Å². The number of nitrogens with two attached hydrogens (primary N) is 1. The average Bonchev–Trinajstić information content (AvgIpc) is 3.19. The maximum absolute atomic E-state index is 11.9. The van der Waals surface area contributed by atoms with E-state index in [2.05, 4.69) is 24.1 Å². The third-order valence-electron chi connectivity index (χ3n) is 4.92. The fraction of sp³-hybridized carbons (Fsp3) is 0.400. The summed E-state index contributed by atoms with van der Waals surface area (Å²) in [6.07, 6.45) is -0.814. The molecule has 0 aromatic carbocycles. The number of phosphoric ester groups is 1. The topological polar surface area (TPSA) is 238 Å². The first-order chi connectivity index (χ1) is 15.4. The molecule has 0 radical (unpaired) electrons. The first kappa shape index (κ1) is 23.9. The Morgan fingerprint density at radius 3 is 2.70 bits per heavy atom. The van der Waals surface area contributed by atoms with E-state index in [-0.39, 0.29) is 17.2 Å². The lowest BCUT2D eigenvalue weighted by Crippen LogP contribution is -2.35. The summed E-state index contributed by atoms with van der Waals surface area (Å²) < 4.78 is 43.4. The van der Waals surface area contributed by atoms with Crippen molar-refractivity contribution in [2.24, 2.45) is 5.73 Å². The number of amides is 1. The van der Waals surface area contributed by atoms with Crippen molar-refractivity contribution in [3.63, 3.8) is 0 Å². The number of rotatable bonds is 7. The number of hydrogen-bond donors (Lipinski definition) is 6. The molecule has 1 fully saturated rings. The number of aromatic nitrogens is 3.